The molecule has 0 saturated heterocycles. The van der Waals surface area contributed by atoms with Gasteiger partial charge in [-0.05, 0) is 24.1 Å². The molecule has 0 aliphatic heterocycles. The van der Waals surface area contributed by atoms with Crippen LogP contribution in [-0.2, 0) is 11.2 Å². The minimum Gasteiger partial charge on any atom is -0.429 e. The summed E-state index contributed by atoms with van der Waals surface area (Å²) in [4.78, 5) is 22.3. The third-order valence-electron chi connectivity index (χ3n) is 2.57. The van der Waals surface area contributed by atoms with Gasteiger partial charge in [-0.1, -0.05) is 33.3 Å². The van der Waals surface area contributed by atoms with Crippen molar-refractivity contribution in [1.82, 2.24) is 0 Å². The van der Waals surface area contributed by atoms with E-state index in [0.29, 0.717) is 17.8 Å². The molecule has 0 unspecified atom stereocenters. The molecule has 0 spiro atoms. The summed E-state index contributed by atoms with van der Waals surface area (Å²) in [6, 6.07) is 5.23. The maximum absolute atomic E-state index is 12.1. The topological polar surface area (TPSA) is 43.4 Å². The van der Waals surface area contributed by atoms with Gasteiger partial charge in [0.1, 0.15) is 5.75 Å². The average Bonchev–Trinajstić information content (AvgIpc) is 2.30. The molecule has 0 radical (unpaired) electrons. The van der Waals surface area contributed by atoms with E-state index >= 15 is 0 Å². The van der Waals surface area contributed by atoms with Crippen molar-refractivity contribution < 1.29 is 14.3 Å². The predicted molar refractivity (Wildman–Crippen MR) is 66.3 cm³/mol. The molecule has 92 valence electrons. The fourth-order valence-corrected chi connectivity index (χ4v) is 1.71. The van der Waals surface area contributed by atoms with Gasteiger partial charge in [0.2, 0.25) is 0 Å². The van der Waals surface area contributed by atoms with Crippen LogP contribution >= 0.6 is 0 Å². The highest BCUT2D eigenvalue weighted by Crippen LogP contribution is 2.21. The molecule has 0 N–H and O–H groups in total. The summed E-state index contributed by atoms with van der Waals surface area (Å²) in [6.07, 6.45) is 1.83. The van der Waals surface area contributed by atoms with Gasteiger partial charge in [-0.3, -0.25) is 9.59 Å². The zero-order valence-electron chi connectivity index (χ0n) is 10.5. The van der Waals surface area contributed by atoms with Gasteiger partial charge in [-0.25, -0.2) is 0 Å². The first-order chi connectivity index (χ1) is 8.10. The summed E-state index contributed by atoms with van der Waals surface area (Å²) in [6.45, 7) is 6.18. The standard InChI is InChI=1S/C14H18O3/c1-4-5-11-6-7-12(17-9-15)8-13(11)14(16)10(2)3/h6-10H,4-5H2,1-3H3. The monoisotopic (exact) mass is 234 g/mol. The minimum absolute atomic E-state index is 0.0583. The minimum atomic E-state index is -0.0583. The van der Waals surface area contributed by atoms with Crippen LogP contribution in [0.25, 0.3) is 0 Å². The summed E-state index contributed by atoms with van der Waals surface area (Å²) in [5.74, 6) is 0.450. The Bertz CT molecular complexity index is 408. The van der Waals surface area contributed by atoms with E-state index in [1.54, 1.807) is 12.1 Å². The quantitative estimate of drug-likeness (QED) is 0.561. The van der Waals surface area contributed by atoms with Crippen molar-refractivity contribution in [3.05, 3.63) is 29.3 Å². The number of carbonyl (C=O) groups is 2. The zero-order chi connectivity index (χ0) is 12.8. The van der Waals surface area contributed by atoms with Crippen molar-refractivity contribution in [1.29, 1.82) is 0 Å². The van der Waals surface area contributed by atoms with Crippen molar-refractivity contribution in [3.63, 3.8) is 0 Å². The molecule has 1 aromatic rings. The molecule has 0 heterocycles. The van der Waals surface area contributed by atoms with E-state index in [1.807, 2.05) is 19.9 Å². The Labute approximate surface area is 102 Å². The maximum Gasteiger partial charge on any atom is 0.298 e. The molecule has 0 aromatic heterocycles. The third-order valence-corrected chi connectivity index (χ3v) is 2.57. The Morgan fingerprint density at radius 2 is 2.12 bits per heavy atom. The SMILES string of the molecule is CCCc1ccc(OC=O)cc1C(=O)C(C)C. The molecule has 1 aromatic carbocycles. The molecule has 0 atom stereocenters. The number of carbonyl (C=O) groups excluding carboxylic acids is 2. The Morgan fingerprint density at radius 1 is 1.41 bits per heavy atom. The summed E-state index contributed by atoms with van der Waals surface area (Å²) in [5.41, 5.74) is 1.69. The van der Waals surface area contributed by atoms with Crippen LogP contribution in [-0.4, -0.2) is 12.3 Å². The van der Waals surface area contributed by atoms with Crippen molar-refractivity contribution in [2.75, 3.05) is 0 Å². The lowest BCUT2D eigenvalue weighted by atomic mass is 9.94. The highest BCUT2D eigenvalue weighted by atomic mass is 16.5. The van der Waals surface area contributed by atoms with Crippen LogP contribution in [0.2, 0.25) is 0 Å². The van der Waals surface area contributed by atoms with E-state index in [-0.39, 0.29) is 11.7 Å². The van der Waals surface area contributed by atoms with Gasteiger partial charge in [0, 0.05) is 11.5 Å². The van der Waals surface area contributed by atoms with Crippen LogP contribution in [0.1, 0.15) is 43.1 Å². The number of hydrogen-bond donors (Lipinski definition) is 0. The van der Waals surface area contributed by atoms with Crippen molar-refractivity contribution >= 4 is 12.3 Å². The van der Waals surface area contributed by atoms with E-state index in [4.69, 9.17) is 4.74 Å². The van der Waals surface area contributed by atoms with Gasteiger partial charge in [0.25, 0.3) is 6.47 Å². The van der Waals surface area contributed by atoms with Gasteiger partial charge < -0.3 is 4.74 Å². The van der Waals surface area contributed by atoms with Crippen molar-refractivity contribution in [3.8, 4) is 5.75 Å². The maximum atomic E-state index is 12.1. The molecule has 0 bridgehead atoms. The summed E-state index contributed by atoms with van der Waals surface area (Å²) in [7, 11) is 0. The highest BCUT2D eigenvalue weighted by molar-refractivity contribution is 5.99. The first-order valence-electron chi connectivity index (χ1n) is 5.87. The summed E-state index contributed by atoms with van der Waals surface area (Å²) in [5, 5.41) is 0. The normalized spacial score (nSPS) is 10.4. The van der Waals surface area contributed by atoms with Crippen LogP contribution in [0.5, 0.6) is 5.75 Å². The summed E-state index contributed by atoms with van der Waals surface area (Å²) < 4.78 is 4.78. The molecule has 1 rings (SSSR count). The highest BCUT2D eigenvalue weighted by Gasteiger charge is 2.15. The molecular weight excluding hydrogens is 216 g/mol. The Hall–Kier alpha value is -1.64. The van der Waals surface area contributed by atoms with Gasteiger partial charge in [-0.2, -0.15) is 0 Å². The van der Waals surface area contributed by atoms with Crippen LogP contribution in [0.4, 0.5) is 0 Å². The van der Waals surface area contributed by atoms with Crippen molar-refractivity contribution in [2.45, 2.75) is 33.6 Å². The molecule has 0 fully saturated rings. The van der Waals surface area contributed by atoms with E-state index in [1.165, 1.54) is 0 Å². The van der Waals surface area contributed by atoms with Gasteiger partial charge >= 0.3 is 0 Å². The number of ether oxygens (including phenoxy) is 1. The van der Waals surface area contributed by atoms with E-state index in [0.717, 1.165) is 18.4 Å². The van der Waals surface area contributed by atoms with Crippen LogP contribution in [0, 0.1) is 5.92 Å². The first-order valence-corrected chi connectivity index (χ1v) is 5.87. The summed E-state index contributed by atoms with van der Waals surface area (Å²) >= 11 is 0. The first kappa shape index (κ1) is 13.4. The van der Waals surface area contributed by atoms with Crippen molar-refractivity contribution in [2.24, 2.45) is 5.92 Å². The molecule has 17 heavy (non-hydrogen) atoms. The number of benzene rings is 1. The van der Waals surface area contributed by atoms with Crippen LogP contribution < -0.4 is 4.74 Å². The second-order valence-electron chi connectivity index (χ2n) is 4.30. The molecular formula is C14H18O3. The molecule has 3 heteroatoms. The zero-order valence-corrected chi connectivity index (χ0v) is 10.5. The van der Waals surface area contributed by atoms with Crippen LogP contribution in [0.3, 0.4) is 0 Å². The molecule has 0 aliphatic carbocycles. The van der Waals surface area contributed by atoms with E-state index in [9.17, 15) is 9.59 Å². The second-order valence-corrected chi connectivity index (χ2v) is 4.30. The third kappa shape index (κ3) is 3.41. The lowest BCUT2D eigenvalue weighted by Gasteiger charge is -2.11. The van der Waals surface area contributed by atoms with Gasteiger partial charge in [0.15, 0.2) is 5.78 Å². The van der Waals surface area contributed by atoms with Gasteiger partial charge in [0.05, 0.1) is 0 Å². The number of Topliss-reactive ketones (excluding diaryl/α,β-unsaturated/α-hetero) is 1. The number of rotatable bonds is 6. The molecule has 0 amide bonds. The van der Waals surface area contributed by atoms with Gasteiger partial charge in [-0.15, -0.1) is 0 Å². The molecule has 0 saturated carbocycles. The second kappa shape index (κ2) is 6.18. The fourth-order valence-electron chi connectivity index (χ4n) is 1.71. The number of aryl methyl sites for hydroxylation is 1. The van der Waals surface area contributed by atoms with E-state index in [2.05, 4.69) is 6.92 Å². The largest absolute Gasteiger partial charge is 0.429 e. The molecule has 3 nitrogen and oxygen atoms in total. The van der Waals surface area contributed by atoms with Crippen LogP contribution in [0.15, 0.2) is 18.2 Å². The average molecular weight is 234 g/mol. The van der Waals surface area contributed by atoms with E-state index < -0.39 is 0 Å². The Kier molecular flexibility index (Phi) is 4.88. The smallest absolute Gasteiger partial charge is 0.298 e. The lowest BCUT2D eigenvalue weighted by Crippen LogP contribution is -2.11. The fraction of sp³-hybridized carbons (Fsp3) is 0.429. The Balaban J connectivity index is 3.14. The number of ketones is 1. The Morgan fingerprint density at radius 3 is 2.65 bits per heavy atom. The molecule has 0 aliphatic rings. The predicted octanol–water partition coefficient (Wildman–Crippen LogP) is 3.01. The number of hydrogen-bond acceptors (Lipinski definition) is 3. The lowest BCUT2D eigenvalue weighted by molar-refractivity contribution is -0.120.